The van der Waals surface area contributed by atoms with Gasteiger partial charge in [0, 0.05) is 12.8 Å². The summed E-state index contributed by atoms with van der Waals surface area (Å²) in [4.78, 5) is 26.3. The van der Waals surface area contributed by atoms with E-state index in [9.17, 15) is 9.59 Å². The van der Waals surface area contributed by atoms with Crippen LogP contribution in [-0.2, 0) is 9.59 Å². The Balaban J connectivity index is 0.000000200. The lowest BCUT2D eigenvalue weighted by molar-refractivity contribution is -0.122. The predicted molar refractivity (Wildman–Crippen MR) is 81.9 cm³/mol. The fourth-order valence-electron chi connectivity index (χ4n) is 2.83. The summed E-state index contributed by atoms with van der Waals surface area (Å²) in [5.74, 6) is 0.833. The highest BCUT2D eigenvalue weighted by Gasteiger charge is 2.15. The standard InChI is InChI=1S/2C8H15NO/c2*1-2-5-9-6-3-4-8(10)7-9/h2*2-7H2,1H3. The molecule has 116 valence electrons. The zero-order valence-electron chi connectivity index (χ0n) is 13.2. The molecule has 0 spiro atoms. The van der Waals surface area contributed by atoms with E-state index < -0.39 is 0 Å². The van der Waals surface area contributed by atoms with Crippen molar-refractivity contribution in [3.63, 3.8) is 0 Å². The van der Waals surface area contributed by atoms with Gasteiger partial charge in [-0.25, -0.2) is 0 Å². The number of hydrogen-bond acceptors (Lipinski definition) is 4. The third-order valence-electron chi connectivity index (χ3n) is 3.74. The molecule has 0 aromatic heterocycles. The van der Waals surface area contributed by atoms with E-state index in [1.807, 2.05) is 0 Å². The molecule has 0 saturated carbocycles. The Morgan fingerprint density at radius 3 is 1.50 bits per heavy atom. The molecule has 4 nitrogen and oxygen atoms in total. The fraction of sp³-hybridized carbons (Fsp3) is 0.875. The Hall–Kier alpha value is -0.740. The van der Waals surface area contributed by atoms with Gasteiger partial charge in [-0.05, 0) is 51.9 Å². The lowest BCUT2D eigenvalue weighted by Crippen LogP contribution is -2.35. The van der Waals surface area contributed by atoms with Gasteiger partial charge in [0.25, 0.3) is 0 Å². The van der Waals surface area contributed by atoms with Crippen LogP contribution in [0.4, 0.5) is 0 Å². The minimum atomic E-state index is 0.416. The Morgan fingerprint density at radius 1 is 0.800 bits per heavy atom. The van der Waals surface area contributed by atoms with Crippen molar-refractivity contribution in [3.8, 4) is 0 Å². The van der Waals surface area contributed by atoms with Gasteiger partial charge < -0.3 is 0 Å². The van der Waals surface area contributed by atoms with Crippen LogP contribution in [0.2, 0.25) is 0 Å². The molecule has 0 atom stereocenters. The number of Topliss-reactive ketones (excluding diaryl/α,β-unsaturated/α-hetero) is 2. The summed E-state index contributed by atoms with van der Waals surface area (Å²) in [7, 11) is 0. The number of ketones is 2. The highest BCUT2D eigenvalue weighted by atomic mass is 16.1. The maximum atomic E-state index is 10.9. The van der Waals surface area contributed by atoms with Crippen molar-refractivity contribution in [1.82, 2.24) is 9.80 Å². The number of rotatable bonds is 4. The van der Waals surface area contributed by atoms with Gasteiger partial charge in [-0.2, -0.15) is 0 Å². The van der Waals surface area contributed by atoms with Crippen LogP contribution in [0.3, 0.4) is 0 Å². The summed E-state index contributed by atoms with van der Waals surface area (Å²) in [6.07, 6.45) is 6.07. The zero-order valence-corrected chi connectivity index (χ0v) is 13.2. The van der Waals surface area contributed by atoms with Gasteiger partial charge in [0.1, 0.15) is 11.6 Å². The molecule has 0 aliphatic carbocycles. The van der Waals surface area contributed by atoms with Crippen molar-refractivity contribution in [1.29, 1.82) is 0 Å². The second kappa shape index (κ2) is 10.1. The Kier molecular flexibility index (Phi) is 8.70. The number of likely N-dealkylation sites (tertiary alicyclic amines) is 2. The van der Waals surface area contributed by atoms with Gasteiger partial charge in [0.15, 0.2) is 0 Å². The van der Waals surface area contributed by atoms with Crippen LogP contribution in [0.1, 0.15) is 52.4 Å². The number of carbonyl (C=O) groups excluding carboxylic acids is 2. The summed E-state index contributed by atoms with van der Waals surface area (Å²) in [6, 6.07) is 0. The third kappa shape index (κ3) is 7.15. The Morgan fingerprint density at radius 2 is 1.20 bits per heavy atom. The van der Waals surface area contributed by atoms with Gasteiger partial charge in [0.05, 0.1) is 13.1 Å². The molecule has 0 unspecified atom stereocenters. The summed E-state index contributed by atoms with van der Waals surface area (Å²) < 4.78 is 0. The molecule has 0 N–H and O–H groups in total. The van der Waals surface area contributed by atoms with Crippen LogP contribution in [0.15, 0.2) is 0 Å². The molecule has 2 fully saturated rings. The highest BCUT2D eigenvalue weighted by Crippen LogP contribution is 2.06. The number of nitrogens with zero attached hydrogens (tertiary/aromatic N) is 2. The van der Waals surface area contributed by atoms with Gasteiger partial charge in [0.2, 0.25) is 0 Å². The summed E-state index contributed by atoms with van der Waals surface area (Å²) in [6.45, 7) is 10.1. The number of carbonyl (C=O) groups is 2. The first-order valence-electron chi connectivity index (χ1n) is 8.13. The maximum absolute atomic E-state index is 10.9. The second-order valence-electron chi connectivity index (χ2n) is 5.84. The van der Waals surface area contributed by atoms with Gasteiger partial charge >= 0.3 is 0 Å². The monoisotopic (exact) mass is 282 g/mol. The van der Waals surface area contributed by atoms with E-state index in [2.05, 4.69) is 23.6 Å². The Labute approximate surface area is 123 Å². The van der Waals surface area contributed by atoms with Crippen molar-refractivity contribution < 1.29 is 9.59 Å². The van der Waals surface area contributed by atoms with Crippen molar-refractivity contribution in [2.45, 2.75) is 52.4 Å². The van der Waals surface area contributed by atoms with Crippen LogP contribution in [-0.4, -0.2) is 60.6 Å². The molecule has 4 heteroatoms. The molecule has 2 heterocycles. The molecule has 20 heavy (non-hydrogen) atoms. The topological polar surface area (TPSA) is 40.6 Å². The molecule has 2 aliphatic heterocycles. The average Bonchev–Trinajstić information content (AvgIpc) is 2.40. The van der Waals surface area contributed by atoms with Gasteiger partial charge in [-0.1, -0.05) is 13.8 Å². The normalized spacial score (nSPS) is 21.5. The lowest BCUT2D eigenvalue weighted by atomic mass is 10.1. The van der Waals surface area contributed by atoms with Crippen LogP contribution in [0.25, 0.3) is 0 Å². The Bertz CT molecular complexity index is 271. The van der Waals surface area contributed by atoms with E-state index in [1.165, 1.54) is 0 Å². The number of piperidine rings is 2. The van der Waals surface area contributed by atoms with Crippen LogP contribution >= 0.6 is 0 Å². The first kappa shape index (κ1) is 17.3. The van der Waals surface area contributed by atoms with Gasteiger partial charge in [-0.15, -0.1) is 0 Å². The van der Waals surface area contributed by atoms with Crippen LogP contribution in [0, 0.1) is 0 Å². The first-order valence-corrected chi connectivity index (χ1v) is 8.13. The first-order chi connectivity index (χ1) is 9.65. The molecule has 0 radical (unpaired) electrons. The molecule has 0 aromatic carbocycles. The molecular weight excluding hydrogens is 252 g/mol. The van der Waals surface area contributed by atoms with E-state index in [1.54, 1.807) is 0 Å². The largest absolute Gasteiger partial charge is 0.298 e. The van der Waals surface area contributed by atoms with Crippen molar-refractivity contribution >= 4 is 11.6 Å². The molecule has 2 aliphatic rings. The quantitative estimate of drug-likeness (QED) is 0.792. The van der Waals surface area contributed by atoms with E-state index in [-0.39, 0.29) is 0 Å². The minimum Gasteiger partial charge on any atom is -0.298 e. The zero-order chi connectivity index (χ0) is 14.8. The SMILES string of the molecule is CCCN1CCCC(=O)C1.CCCN1CCCC(=O)C1. The third-order valence-corrected chi connectivity index (χ3v) is 3.74. The van der Waals surface area contributed by atoms with E-state index in [0.717, 1.165) is 64.7 Å². The predicted octanol–water partition coefficient (Wildman–Crippen LogP) is 2.12. The van der Waals surface area contributed by atoms with Crippen molar-refractivity contribution in [3.05, 3.63) is 0 Å². The summed E-state index contributed by atoms with van der Waals surface area (Å²) >= 11 is 0. The van der Waals surface area contributed by atoms with E-state index >= 15 is 0 Å². The molecule has 2 saturated heterocycles. The number of hydrogen-bond donors (Lipinski definition) is 0. The lowest BCUT2D eigenvalue weighted by Gasteiger charge is -2.24. The molecular formula is C16H30N2O2. The summed E-state index contributed by atoms with van der Waals surface area (Å²) in [5.41, 5.74) is 0. The van der Waals surface area contributed by atoms with Crippen molar-refractivity contribution in [2.75, 3.05) is 39.3 Å². The molecule has 0 amide bonds. The maximum Gasteiger partial charge on any atom is 0.146 e. The van der Waals surface area contributed by atoms with E-state index in [0.29, 0.717) is 24.7 Å². The van der Waals surface area contributed by atoms with Crippen molar-refractivity contribution in [2.24, 2.45) is 0 Å². The van der Waals surface area contributed by atoms with Crippen LogP contribution in [0.5, 0.6) is 0 Å². The minimum absolute atomic E-state index is 0.416. The molecule has 2 rings (SSSR count). The van der Waals surface area contributed by atoms with Gasteiger partial charge in [-0.3, -0.25) is 19.4 Å². The molecule has 0 aromatic rings. The summed E-state index contributed by atoms with van der Waals surface area (Å²) in [5, 5.41) is 0. The van der Waals surface area contributed by atoms with Crippen LogP contribution < -0.4 is 0 Å². The second-order valence-corrected chi connectivity index (χ2v) is 5.84. The van der Waals surface area contributed by atoms with E-state index in [4.69, 9.17) is 0 Å². The smallest absolute Gasteiger partial charge is 0.146 e. The fourth-order valence-corrected chi connectivity index (χ4v) is 2.83. The molecule has 0 bridgehead atoms. The highest BCUT2D eigenvalue weighted by molar-refractivity contribution is 5.81. The average molecular weight is 282 g/mol.